The Morgan fingerprint density at radius 2 is 1.77 bits per heavy atom. The first-order valence-electron chi connectivity index (χ1n) is 10.7. The second-order valence-electron chi connectivity index (χ2n) is 8.14. The molecule has 1 fully saturated rings. The summed E-state index contributed by atoms with van der Waals surface area (Å²) in [5.41, 5.74) is 2.38. The zero-order chi connectivity index (χ0) is 20.9. The third-order valence-electron chi connectivity index (χ3n) is 5.33. The lowest BCUT2D eigenvalue weighted by Crippen LogP contribution is -2.31. The van der Waals surface area contributed by atoms with Crippen molar-refractivity contribution in [3.8, 4) is 23.0 Å². The summed E-state index contributed by atoms with van der Waals surface area (Å²) < 4.78 is 28.3. The Morgan fingerprint density at radius 3 is 2.50 bits per heavy atom. The summed E-state index contributed by atoms with van der Waals surface area (Å²) in [7, 11) is 1.68. The first-order chi connectivity index (χ1) is 14.6. The molecule has 2 aliphatic heterocycles. The Balaban J connectivity index is 1.50. The van der Waals surface area contributed by atoms with E-state index in [-0.39, 0.29) is 12.2 Å². The Labute approximate surface area is 178 Å². The van der Waals surface area contributed by atoms with E-state index in [9.17, 15) is 0 Å². The number of methoxy groups -OCH3 is 1. The van der Waals surface area contributed by atoms with Crippen LogP contribution in [0.1, 0.15) is 37.8 Å². The molecular weight excluding hydrogens is 382 g/mol. The summed E-state index contributed by atoms with van der Waals surface area (Å²) in [6, 6.07) is 12.4. The molecule has 30 heavy (non-hydrogen) atoms. The predicted octanol–water partition coefficient (Wildman–Crippen LogP) is 4.39. The number of hydrogen-bond acceptors (Lipinski definition) is 6. The van der Waals surface area contributed by atoms with Crippen LogP contribution in [0.3, 0.4) is 0 Å². The second-order valence-corrected chi connectivity index (χ2v) is 8.14. The number of hydrogen-bond donors (Lipinski definition) is 0. The van der Waals surface area contributed by atoms with E-state index in [2.05, 4.69) is 29.2 Å². The van der Waals surface area contributed by atoms with Crippen LogP contribution >= 0.6 is 0 Å². The minimum absolute atomic E-state index is 0.103. The van der Waals surface area contributed by atoms with Gasteiger partial charge in [0.05, 0.1) is 19.3 Å². The molecule has 0 amide bonds. The minimum atomic E-state index is 0.103. The maximum atomic E-state index is 5.91. The SMILES string of the molecule is COc1cc(CN(Cc2ccc3c(c2)OCO3)CC2CCCO2)ccc1OC(C)C. The van der Waals surface area contributed by atoms with E-state index in [0.717, 1.165) is 62.1 Å². The summed E-state index contributed by atoms with van der Waals surface area (Å²) in [6.45, 7) is 7.68. The molecule has 1 unspecified atom stereocenters. The highest BCUT2D eigenvalue weighted by Crippen LogP contribution is 2.33. The van der Waals surface area contributed by atoms with E-state index in [1.54, 1.807) is 7.11 Å². The molecule has 4 rings (SSSR count). The lowest BCUT2D eigenvalue weighted by atomic mass is 10.1. The fourth-order valence-corrected chi connectivity index (χ4v) is 3.98. The molecule has 6 nitrogen and oxygen atoms in total. The highest BCUT2D eigenvalue weighted by molar-refractivity contribution is 5.45. The predicted molar refractivity (Wildman–Crippen MR) is 114 cm³/mol. The third kappa shape index (κ3) is 5.18. The van der Waals surface area contributed by atoms with Crippen LogP contribution in [0.2, 0.25) is 0 Å². The highest BCUT2D eigenvalue weighted by atomic mass is 16.7. The topological polar surface area (TPSA) is 49.4 Å². The van der Waals surface area contributed by atoms with Crippen LogP contribution in [0.25, 0.3) is 0 Å². The molecule has 0 N–H and O–H groups in total. The van der Waals surface area contributed by atoms with Crippen molar-refractivity contribution in [1.29, 1.82) is 0 Å². The van der Waals surface area contributed by atoms with Crippen molar-refractivity contribution < 1.29 is 23.7 Å². The molecular formula is C24H31NO5. The molecule has 0 bridgehead atoms. The molecule has 2 aromatic rings. The normalized spacial score (nSPS) is 17.7. The van der Waals surface area contributed by atoms with Gasteiger partial charge in [-0.2, -0.15) is 0 Å². The number of benzene rings is 2. The quantitative estimate of drug-likeness (QED) is 0.608. The summed E-state index contributed by atoms with van der Waals surface area (Å²) >= 11 is 0. The van der Waals surface area contributed by atoms with Crippen molar-refractivity contribution in [3.63, 3.8) is 0 Å². The largest absolute Gasteiger partial charge is 0.493 e. The lowest BCUT2D eigenvalue weighted by Gasteiger charge is -2.26. The molecule has 0 aromatic heterocycles. The molecule has 6 heteroatoms. The van der Waals surface area contributed by atoms with Gasteiger partial charge in [0.25, 0.3) is 0 Å². The maximum absolute atomic E-state index is 5.91. The molecule has 162 valence electrons. The van der Waals surface area contributed by atoms with E-state index in [4.69, 9.17) is 23.7 Å². The van der Waals surface area contributed by atoms with Crippen molar-refractivity contribution in [2.24, 2.45) is 0 Å². The van der Waals surface area contributed by atoms with Crippen molar-refractivity contribution in [2.45, 2.75) is 52.0 Å². The van der Waals surface area contributed by atoms with E-state index in [1.165, 1.54) is 11.1 Å². The fraction of sp³-hybridized carbons (Fsp3) is 0.500. The molecule has 0 aliphatic carbocycles. The smallest absolute Gasteiger partial charge is 0.231 e. The van der Waals surface area contributed by atoms with Crippen molar-refractivity contribution in [1.82, 2.24) is 4.90 Å². The fourth-order valence-electron chi connectivity index (χ4n) is 3.98. The number of rotatable bonds is 9. The molecule has 0 spiro atoms. The molecule has 0 saturated carbocycles. The average molecular weight is 414 g/mol. The number of ether oxygens (including phenoxy) is 5. The Bertz CT molecular complexity index is 847. The summed E-state index contributed by atoms with van der Waals surface area (Å²) in [4.78, 5) is 2.42. The monoisotopic (exact) mass is 413 g/mol. The van der Waals surface area contributed by atoms with Crippen molar-refractivity contribution >= 4 is 0 Å². The van der Waals surface area contributed by atoms with Gasteiger partial charge in [-0.1, -0.05) is 12.1 Å². The van der Waals surface area contributed by atoms with Gasteiger partial charge >= 0.3 is 0 Å². The van der Waals surface area contributed by atoms with Crippen molar-refractivity contribution in [2.75, 3.05) is 27.1 Å². The molecule has 0 radical (unpaired) electrons. The van der Waals surface area contributed by atoms with Crippen LogP contribution in [0, 0.1) is 0 Å². The molecule has 2 aliphatic rings. The van der Waals surface area contributed by atoms with Crippen LogP contribution in [-0.2, 0) is 17.8 Å². The van der Waals surface area contributed by atoms with Gasteiger partial charge in [0.2, 0.25) is 6.79 Å². The zero-order valence-electron chi connectivity index (χ0n) is 18.1. The molecule has 1 atom stereocenters. The zero-order valence-corrected chi connectivity index (χ0v) is 18.1. The minimum Gasteiger partial charge on any atom is -0.493 e. The van der Waals surface area contributed by atoms with Gasteiger partial charge in [0.15, 0.2) is 23.0 Å². The van der Waals surface area contributed by atoms with Crippen LogP contribution in [0.5, 0.6) is 23.0 Å². The Kier molecular flexibility index (Phi) is 6.65. The maximum Gasteiger partial charge on any atom is 0.231 e. The second kappa shape index (κ2) is 9.58. The van der Waals surface area contributed by atoms with Gasteiger partial charge in [0, 0.05) is 26.2 Å². The highest BCUT2D eigenvalue weighted by Gasteiger charge is 2.21. The van der Waals surface area contributed by atoms with Gasteiger partial charge < -0.3 is 23.7 Å². The standard InChI is InChI=1S/C24H31NO5/c1-17(2)30-22-9-7-18(11-23(22)26-3)13-25(15-20-5-4-10-27-20)14-19-6-8-21-24(12-19)29-16-28-21/h6-9,11-12,17,20H,4-5,10,13-16H2,1-3H3. The van der Waals surface area contributed by atoms with Gasteiger partial charge in [-0.15, -0.1) is 0 Å². The first-order valence-corrected chi connectivity index (χ1v) is 10.7. The van der Waals surface area contributed by atoms with E-state index >= 15 is 0 Å². The third-order valence-corrected chi connectivity index (χ3v) is 5.33. The van der Waals surface area contributed by atoms with Crippen LogP contribution in [-0.4, -0.2) is 44.2 Å². The summed E-state index contributed by atoms with van der Waals surface area (Å²) in [5, 5.41) is 0. The van der Waals surface area contributed by atoms with Gasteiger partial charge in [-0.25, -0.2) is 0 Å². The van der Waals surface area contributed by atoms with Crippen LogP contribution in [0.4, 0.5) is 0 Å². The average Bonchev–Trinajstić information content (AvgIpc) is 3.40. The van der Waals surface area contributed by atoms with E-state index < -0.39 is 0 Å². The summed E-state index contributed by atoms with van der Waals surface area (Å²) in [5.74, 6) is 3.18. The van der Waals surface area contributed by atoms with Gasteiger partial charge in [0.1, 0.15) is 0 Å². The Morgan fingerprint density at radius 1 is 1.00 bits per heavy atom. The van der Waals surface area contributed by atoms with Crippen LogP contribution in [0.15, 0.2) is 36.4 Å². The number of fused-ring (bicyclic) bond motifs is 1. The van der Waals surface area contributed by atoms with Crippen LogP contribution < -0.4 is 18.9 Å². The van der Waals surface area contributed by atoms with Gasteiger partial charge in [-0.3, -0.25) is 4.90 Å². The van der Waals surface area contributed by atoms with E-state index in [1.807, 2.05) is 26.0 Å². The van der Waals surface area contributed by atoms with E-state index in [0.29, 0.717) is 6.79 Å². The Hall–Kier alpha value is -2.44. The molecule has 1 saturated heterocycles. The lowest BCUT2D eigenvalue weighted by molar-refractivity contribution is 0.0678. The number of nitrogens with zero attached hydrogens (tertiary/aromatic N) is 1. The first kappa shape index (κ1) is 20.8. The van der Waals surface area contributed by atoms with Gasteiger partial charge in [-0.05, 0) is 62.1 Å². The molecule has 2 aromatic carbocycles. The van der Waals surface area contributed by atoms with Crippen molar-refractivity contribution in [3.05, 3.63) is 47.5 Å². The molecule has 2 heterocycles. The summed E-state index contributed by atoms with van der Waals surface area (Å²) in [6.07, 6.45) is 2.64.